The average molecular weight is 326 g/mol. The fraction of sp³-hybridized carbons (Fsp3) is 0.400. The van der Waals surface area contributed by atoms with Crippen LogP contribution in [0.4, 0.5) is 8.78 Å². The lowest BCUT2D eigenvalue weighted by atomic mass is 9.96. The van der Waals surface area contributed by atoms with Crippen LogP contribution >= 0.6 is 0 Å². The van der Waals surface area contributed by atoms with Crippen LogP contribution in [-0.2, 0) is 16.8 Å². The van der Waals surface area contributed by atoms with Gasteiger partial charge < -0.3 is 14.0 Å². The number of hydrogen-bond acceptors (Lipinski definition) is 6. The monoisotopic (exact) mass is 326 g/mol. The number of esters is 1. The molecule has 1 aromatic carbocycles. The van der Waals surface area contributed by atoms with Gasteiger partial charge in [0.2, 0.25) is 0 Å². The Morgan fingerprint density at radius 1 is 1.30 bits per heavy atom. The molecule has 0 aliphatic rings. The molecule has 8 heteroatoms. The van der Waals surface area contributed by atoms with Crippen molar-refractivity contribution in [2.24, 2.45) is 0 Å². The highest BCUT2D eigenvalue weighted by atomic mass is 19.3. The van der Waals surface area contributed by atoms with E-state index in [2.05, 4.69) is 14.9 Å². The molecule has 0 aliphatic carbocycles. The number of rotatable bonds is 5. The molecule has 0 radical (unpaired) electrons. The van der Waals surface area contributed by atoms with Crippen LogP contribution in [0, 0.1) is 0 Å². The molecule has 0 aliphatic heterocycles. The van der Waals surface area contributed by atoms with E-state index >= 15 is 0 Å². The van der Waals surface area contributed by atoms with Crippen molar-refractivity contribution < 1.29 is 27.6 Å². The van der Waals surface area contributed by atoms with Gasteiger partial charge in [0.15, 0.2) is 12.4 Å². The summed E-state index contributed by atoms with van der Waals surface area (Å²) in [5.41, 5.74) is -0.410. The molecule has 23 heavy (non-hydrogen) atoms. The number of alkyl halides is 2. The molecule has 0 amide bonds. The lowest BCUT2D eigenvalue weighted by molar-refractivity contribution is -0.0505. The predicted molar refractivity (Wildman–Crippen MR) is 75.2 cm³/mol. The van der Waals surface area contributed by atoms with Gasteiger partial charge in [-0.15, -0.1) is 0 Å². The molecule has 1 aromatic heterocycles. The van der Waals surface area contributed by atoms with Crippen molar-refractivity contribution in [2.45, 2.75) is 39.4 Å². The summed E-state index contributed by atoms with van der Waals surface area (Å²) < 4.78 is 38.9. The number of nitrogens with zero attached hydrogens (tertiary/aromatic N) is 2. The summed E-state index contributed by atoms with van der Waals surface area (Å²) in [5, 5.41) is 3.79. The Morgan fingerprint density at radius 3 is 2.61 bits per heavy atom. The van der Waals surface area contributed by atoms with Gasteiger partial charge in [0.05, 0.1) is 0 Å². The molecule has 0 atom stereocenters. The van der Waals surface area contributed by atoms with E-state index in [0.29, 0.717) is 5.82 Å². The smallest absolute Gasteiger partial charge is 0.387 e. The molecule has 0 saturated heterocycles. The molecule has 0 fully saturated rings. The maximum Gasteiger partial charge on any atom is 0.387 e. The fourth-order valence-electron chi connectivity index (χ4n) is 1.66. The van der Waals surface area contributed by atoms with Gasteiger partial charge in [-0.25, -0.2) is 4.79 Å². The molecule has 2 aromatic rings. The normalized spacial score (nSPS) is 11.6. The summed E-state index contributed by atoms with van der Waals surface area (Å²) in [6, 6.07) is 5.57. The van der Waals surface area contributed by atoms with Crippen LogP contribution in [0.5, 0.6) is 5.75 Å². The first-order chi connectivity index (χ1) is 10.8. The van der Waals surface area contributed by atoms with Gasteiger partial charge in [-0.05, 0) is 12.1 Å². The van der Waals surface area contributed by atoms with Crippen molar-refractivity contribution in [3.63, 3.8) is 0 Å². The number of halogens is 2. The van der Waals surface area contributed by atoms with Crippen molar-refractivity contribution >= 4 is 5.97 Å². The Morgan fingerprint density at radius 2 is 2.00 bits per heavy atom. The van der Waals surface area contributed by atoms with Crippen molar-refractivity contribution in [3.05, 3.63) is 41.5 Å². The van der Waals surface area contributed by atoms with E-state index in [1.54, 1.807) is 0 Å². The lowest BCUT2D eigenvalue weighted by Crippen LogP contribution is -2.13. The van der Waals surface area contributed by atoms with E-state index in [1.807, 2.05) is 20.8 Å². The van der Waals surface area contributed by atoms with Crippen molar-refractivity contribution in [3.8, 4) is 5.75 Å². The quantitative estimate of drug-likeness (QED) is 0.785. The molecular weight excluding hydrogens is 310 g/mol. The third-order valence-corrected chi connectivity index (χ3v) is 2.79. The molecular formula is C15H16F2N2O4. The van der Waals surface area contributed by atoms with Crippen molar-refractivity contribution in [2.75, 3.05) is 0 Å². The Labute approximate surface area is 131 Å². The second-order valence-corrected chi connectivity index (χ2v) is 5.71. The number of ether oxygens (including phenoxy) is 2. The number of benzene rings is 1. The van der Waals surface area contributed by atoms with Crippen LogP contribution in [0.15, 0.2) is 28.8 Å². The molecule has 0 bridgehead atoms. The molecule has 0 N–H and O–H groups in total. The molecule has 0 saturated carbocycles. The SMILES string of the molecule is CC(C)(C)c1noc(COC(=O)c2ccccc2OC(F)F)n1. The Kier molecular flexibility index (Phi) is 4.92. The number of aromatic nitrogens is 2. The molecule has 2 rings (SSSR count). The summed E-state index contributed by atoms with van der Waals surface area (Å²) >= 11 is 0. The van der Waals surface area contributed by atoms with E-state index in [0.717, 1.165) is 0 Å². The molecule has 0 unspecified atom stereocenters. The Hall–Kier alpha value is -2.51. The second-order valence-electron chi connectivity index (χ2n) is 5.71. The van der Waals surface area contributed by atoms with Crippen LogP contribution in [0.2, 0.25) is 0 Å². The van der Waals surface area contributed by atoms with Crippen LogP contribution in [0.25, 0.3) is 0 Å². The lowest BCUT2D eigenvalue weighted by Gasteiger charge is -2.11. The van der Waals surface area contributed by atoms with Crippen LogP contribution in [-0.4, -0.2) is 22.7 Å². The third-order valence-electron chi connectivity index (χ3n) is 2.79. The number of carbonyl (C=O) groups excluding carboxylic acids is 1. The number of para-hydroxylation sites is 1. The minimum Gasteiger partial charge on any atom is -0.452 e. The number of carbonyl (C=O) groups is 1. The van der Waals surface area contributed by atoms with E-state index in [1.165, 1.54) is 24.3 Å². The topological polar surface area (TPSA) is 74.5 Å². The number of hydrogen-bond donors (Lipinski definition) is 0. The standard InChI is InChI=1S/C15H16F2N2O4/c1-15(2,3)13-18-11(23-19-13)8-21-12(20)9-6-4-5-7-10(9)22-14(16)17/h4-7,14H,8H2,1-3H3. The van der Waals surface area contributed by atoms with E-state index in [-0.39, 0.29) is 29.2 Å². The average Bonchev–Trinajstić information content (AvgIpc) is 2.93. The zero-order chi connectivity index (χ0) is 17.0. The highest BCUT2D eigenvalue weighted by molar-refractivity contribution is 5.92. The van der Waals surface area contributed by atoms with E-state index in [9.17, 15) is 13.6 Å². The third kappa shape index (κ3) is 4.48. The van der Waals surface area contributed by atoms with Gasteiger partial charge in [0.25, 0.3) is 5.89 Å². The first-order valence-corrected chi connectivity index (χ1v) is 6.81. The maximum absolute atomic E-state index is 12.3. The zero-order valence-electron chi connectivity index (χ0n) is 12.9. The van der Waals surface area contributed by atoms with Crippen LogP contribution in [0.3, 0.4) is 0 Å². The molecule has 0 spiro atoms. The highest BCUT2D eigenvalue weighted by Gasteiger charge is 2.22. The van der Waals surface area contributed by atoms with Crippen molar-refractivity contribution in [1.29, 1.82) is 0 Å². The maximum atomic E-state index is 12.3. The fourth-order valence-corrected chi connectivity index (χ4v) is 1.66. The summed E-state index contributed by atoms with van der Waals surface area (Å²) in [4.78, 5) is 16.1. The minimum atomic E-state index is -3.03. The van der Waals surface area contributed by atoms with Gasteiger partial charge in [-0.1, -0.05) is 38.1 Å². The van der Waals surface area contributed by atoms with E-state index < -0.39 is 12.6 Å². The van der Waals surface area contributed by atoms with Crippen LogP contribution < -0.4 is 4.74 Å². The zero-order valence-corrected chi connectivity index (χ0v) is 12.9. The molecule has 1 heterocycles. The second kappa shape index (κ2) is 6.72. The predicted octanol–water partition coefficient (Wildman–Crippen LogP) is 3.33. The largest absolute Gasteiger partial charge is 0.452 e. The molecule has 124 valence electrons. The van der Waals surface area contributed by atoms with E-state index in [4.69, 9.17) is 9.26 Å². The summed E-state index contributed by atoms with van der Waals surface area (Å²) in [5.74, 6) is -0.481. The first kappa shape index (κ1) is 16.9. The van der Waals surface area contributed by atoms with Gasteiger partial charge >= 0.3 is 12.6 Å². The Balaban J connectivity index is 2.04. The summed E-state index contributed by atoms with van der Waals surface area (Å²) in [6.45, 7) is 2.43. The Bertz CT molecular complexity index is 680. The van der Waals surface area contributed by atoms with Crippen LogP contribution in [0.1, 0.15) is 42.8 Å². The van der Waals surface area contributed by atoms with Gasteiger partial charge in [0, 0.05) is 5.41 Å². The minimum absolute atomic E-state index is 0.108. The summed E-state index contributed by atoms with van der Waals surface area (Å²) in [6.07, 6.45) is 0. The van der Waals surface area contributed by atoms with Gasteiger partial charge in [0.1, 0.15) is 11.3 Å². The van der Waals surface area contributed by atoms with Crippen molar-refractivity contribution in [1.82, 2.24) is 10.1 Å². The first-order valence-electron chi connectivity index (χ1n) is 6.81. The molecule has 6 nitrogen and oxygen atoms in total. The highest BCUT2D eigenvalue weighted by Crippen LogP contribution is 2.22. The summed E-state index contributed by atoms with van der Waals surface area (Å²) in [7, 11) is 0. The van der Waals surface area contributed by atoms with Gasteiger partial charge in [-0.3, -0.25) is 0 Å². The van der Waals surface area contributed by atoms with Gasteiger partial charge in [-0.2, -0.15) is 13.8 Å².